The first-order valence-electron chi connectivity index (χ1n) is 3.52. The highest BCUT2D eigenvalue weighted by Crippen LogP contribution is 2.19. The molecule has 2 heteroatoms. The molecule has 0 amide bonds. The highest BCUT2D eigenvalue weighted by atomic mass is 35.5. The molecule has 0 radical (unpaired) electrons. The average Bonchev–Trinajstić information content (AvgIpc) is 1.88. The first-order valence-corrected chi connectivity index (χ1v) is 3.90. The van der Waals surface area contributed by atoms with Gasteiger partial charge in [-0.25, -0.2) is 0 Å². The fraction of sp³-hybridized carbons (Fsp3) is 0.500. The molecule has 1 nitrogen and oxygen atoms in total. The molecule has 0 heterocycles. The summed E-state index contributed by atoms with van der Waals surface area (Å²) in [5.41, 5.74) is 1.30. The Kier molecular flexibility index (Phi) is 2.97. The Labute approximate surface area is 66.8 Å². The van der Waals surface area contributed by atoms with Crippen LogP contribution in [0.15, 0.2) is 22.8 Å². The zero-order chi connectivity index (χ0) is 7.40. The van der Waals surface area contributed by atoms with Crippen LogP contribution in [0, 0.1) is 0 Å². The van der Waals surface area contributed by atoms with E-state index in [-0.39, 0.29) is 0 Å². The Morgan fingerprint density at radius 3 is 3.10 bits per heavy atom. The van der Waals surface area contributed by atoms with Gasteiger partial charge in [-0.15, -0.1) is 0 Å². The van der Waals surface area contributed by atoms with Gasteiger partial charge in [0.25, 0.3) is 0 Å². The van der Waals surface area contributed by atoms with E-state index in [1.807, 2.05) is 13.1 Å². The molecule has 0 spiro atoms. The van der Waals surface area contributed by atoms with Crippen molar-refractivity contribution >= 4 is 11.6 Å². The lowest BCUT2D eigenvalue weighted by Gasteiger charge is -2.07. The molecule has 0 atom stereocenters. The summed E-state index contributed by atoms with van der Waals surface area (Å²) in [7, 11) is 1.94. The van der Waals surface area contributed by atoms with Crippen molar-refractivity contribution in [1.82, 2.24) is 5.32 Å². The number of allylic oxidation sites excluding steroid dienone is 2. The van der Waals surface area contributed by atoms with Gasteiger partial charge in [-0.05, 0) is 31.5 Å². The minimum atomic E-state index is 0.927. The summed E-state index contributed by atoms with van der Waals surface area (Å²) < 4.78 is 0. The normalized spacial score (nSPS) is 18.2. The average molecular weight is 158 g/mol. The summed E-state index contributed by atoms with van der Waals surface area (Å²) in [6.07, 6.45) is 6.37. The predicted octanol–water partition coefficient (Wildman–Crippen LogP) is 2.05. The molecule has 0 unspecified atom stereocenters. The number of likely N-dealkylation sites (N-methyl/N-ethyl adjacent to an activating group) is 1. The molecule has 1 aliphatic carbocycles. The SMILES string of the molecule is CNCC1=CCCC(Cl)=C1. The van der Waals surface area contributed by atoms with Crippen molar-refractivity contribution in [3.63, 3.8) is 0 Å². The van der Waals surface area contributed by atoms with Gasteiger partial charge >= 0.3 is 0 Å². The molecular weight excluding hydrogens is 146 g/mol. The maximum Gasteiger partial charge on any atom is 0.0199 e. The van der Waals surface area contributed by atoms with Crippen LogP contribution in [0.25, 0.3) is 0 Å². The monoisotopic (exact) mass is 157 g/mol. The highest BCUT2D eigenvalue weighted by Gasteiger charge is 2.00. The van der Waals surface area contributed by atoms with Crippen LogP contribution >= 0.6 is 11.6 Å². The van der Waals surface area contributed by atoms with Gasteiger partial charge in [0.05, 0.1) is 0 Å². The zero-order valence-electron chi connectivity index (χ0n) is 6.15. The molecule has 1 rings (SSSR count). The van der Waals surface area contributed by atoms with Crippen LogP contribution in [0.5, 0.6) is 0 Å². The van der Waals surface area contributed by atoms with Crippen molar-refractivity contribution in [2.75, 3.05) is 13.6 Å². The van der Waals surface area contributed by atoms with E-state index in [2.05, 4.69) is 11.4 Å². The summed E-state index contributed by atoms with van der Waals surface area (Å²) >= 11 is 5.84. The van der Waals surface area contributed by atoms with Crippen molar-refractivity contribution < 1.29 is 0 Å². The van der Waals surface area contributed by atoms with Crippen molar-refractivity contribution in [1.29, 1.82) is 0 Å². The Morgan fingerprint density at radius 2 is 2.50 bits per heavy atom. The van der Waals surface area contributed by atoms with Crippen molar-refractivity contribution in [2.45, 2.75) is 12.8 Å². The third-order valence-electron chi connectivity index (χ3n) is 1.51. The quantitative estimate of drug-likeness (QED) is 0.647. The molecular formula is C8H12ClN. The molecule has 0 aromatic heterocycles. The smallest absolute Gasteiger partial charge is 0.0199 e. The van der Waals surface area contributed by atoms with E-state index in [1.165, 1.54) is 5.57 Å². The van der Waals surface area contributed by atoms with Crippen LogP contribution < -0.4 is 5.32 Å². The van der Waals surface area contributed by atoms with Gasteiger partial charge in [-0.2, -0.15) is 0 Å². The second-order valence-corrected chi connectivity index (χ2v) is 2.92. The first-order chi connectivity index (χ1) is 4.83. The van der Waals surface area contributed by atoms with Gasteiger partial charge in [-0.3, -0.25) is 0 Å². The molecule has 1 N–H and O–H groups in total. The van der Waals surface area contributed by atoms with Crippen LogP contribution in [0.3, 0.4) is 0 Å². The number of halogens is 1. The van der Waals surface area contributed by atoms with E-state index in [0.29, 0.717) is 0 Å². The number of nitrogens with one attached hydrogen (secondary N) is 1. The lowest BCUT2D eigenvalue weighted by molar-refractivity contribution is 0.871. The molecule has 0 saturated carbocycles. The van der Waals surface area contributed by atoms with Crippen LogP contribution in [0.4, 0.5) is 0 Å². The lowest BCUT2D eigenvalue weighted by atomic mass is 10.1. The Morgan fingerprint density at radius 1 is 1.70 bits per heavy atom. The molecule has 0 aliphatic heterocycles. The molecule has 0 aromatic carbocycles. The molecule has 56 valence electrons. The van der Waals surface area contributed by atoms with E-state index in [4.69, 9.17) is 11.6 Å². The van der Waals surface area contributed by atoms with Crippen molar-refractivity contribution in [3.8, 4) is 0 Å². The minimum absolute atomic E-state index is 0.927. The van der Waals surface area contributed by atoms with E-state index < -0.39 is 0 Å². The summed E-state index contributed by atoms with van der Waals surface area (Å²) in [5, 5.41) is 4.07. The largest absolute Gasteiger partial charge is 0.316 e. The second-order valence-electron chi connectivity index (χ2n) is 2.44. The summed E-state index contributed by atoms with van der Waals surface area (Å²) in [4.78, 5) is 0. The molecule has 0 saturated heterocycles. The predicted molar refractivity (Wildman–Crippen MR) is 45.2 cm³/mol. The van der Waals surface area contributed by atoms with E-state index in [1.54, 1.807) is 0 Å². The van der Waals surface area contributed by atoms with Crippen molar-refractivity contribution in [3.05, 3.63) is 22.8 Å². The summed E-state index contributed by atoms with van der Waals surface area (Å²) in [5.74, 6) is 0. The first kappa shape index (κ1) is 7.83. The van der Waals surface area contributed by atoms with Crippen LogP contribution in [0.2, 0.25) is 0 Å². The number of rotatable bonds is 2. The summed E-state index contributed by atoms with van der Waals surface area (Å²) in [6.45, 7) is 0.927. The van der Waals surface area contributed by atoms with Gasteiger partial charge in [0, 0.05) is 11.6 Å². The maximum absolute atomic E-state index is 5.84. The highest BCUT2D eigenvalue weighted by molar-refractivity contribution is 6.29. The molecule has 1 aliphatic rings. The molecule has 0 aromatic rings. The zero-order valence-corrected chi connectivity index (χ0v) is 6.91. The maximum atomic E-state index is 5.84. The third-order valence-corrected chi connectivity index (χ3v) is 1.81. The number of hydrogen-bond acceptors (Lipinski definition) is 1. The second kappa shape index (κ2) is 3.79. The van der Waals surface area contributed by atoms with Gasteiger partial charge in [0.2, 0.25) is 0 Å². The standard InChI is InChI=1S/C8H12ClN/c1-10-6-7-3-2-4-8(9)5-7/h3,5,10H,2,4,6H2,1H3. The third kappa shape index (κ3) is 2.16. The number of hydrogen-bond donors (Lipinski definition) is 1. The van der Waals surface area contributed by atoms with Crippen molar-refractivity contribution in [2.24, 2.45) is 0 Å². The molecule has 0 fully saturated rings. The van der Waals surface area contributed by atoms with Crippen LogP contribution in [0.1, 0.15) is 12.8 Å². The molecule has 0 bridgehead atoms. The fourth-order valence-corrected chi connectivity index (χ4v) is 1.30. The van der Waals surface area contributed by atoms with E-state index >= 15 is 0 Å². The Bertz CT molecular complexity index is 170. The fourth-order valence-electron chi connectivity index (χ4n) is 1.06. The summed E-state index contributed by atoms with van der Waals surface area (Å²) in [6, 6.07) is 0. The van der Waals surface area contributed by atoms with E-state index in [9.17, 15) is 0 Å². The Hall–Kier alpha value is -0.270. The minimum Gasteiger partial charge on any atom is -0.316 e. The van der Waals surface area contributed by atoms with Gasteiger partial charge in [0.15, 0.2) is 0 Å². The lowest BCUT2D eigenvalue weighted by Crippen LogP contribution is -2.10. The van der Waals surface area contributed by atoms with Crippen LogP contribution in [-0.4, -0.2) is 13.6 Å². The topological polar surface area (TPSA) is 12.0 Å². The van der Waals surface area contributed by atoms with Gasteiger partial charge < -0.3 is 5.32 Å². The van der Waals surface area contributed by atoms with Crippen LogP contribution in [-0.2, 0) is 0 Å². The molecule has 10 heavy (non-hydrogen) atoms. The van der Waals surface area contributed by atoms with Gasteiger partial charge in [0.1, 0.15) is 0 Å². The van der Waals surface area contributed by atoms with Gasteiger partial charge in [-0.1, -0.05) is 17.7 Å². The Balaban J connectivity index is 2.51. The van der Waals surface area contributed by atoms with E-state index in [0.717, 1.165) is 24.4 Å².